The molecule has 0 spiro atoms. The van der Waals surface area contributed by atoms with Crippen LogP contribution in [0.4, 0.5) is 0 Å². The zero-order valence-corrected chi connectivity index (χ0v) is 9.09. The molecule has 72 valence electrons. The molecule has 0 aliphatic heterocycles. The van der Waals surface area contributed by atoms with Crippen LogP contribution in [0.2, 0.25) is 0 Å². The zero-order valence-electron chi connectivity index (χ0n) is 9.09. The van der Waals surface area contributed by atoms with Crippen molar-refractivity contribution in [2.24, 2.45) is 0 Å². The Hall–Kier alpha value is -1.30. The van der Waals surface area contributed by atoms with Crippen LogP contribution in [0, 0.1) is 6.92 Å². The summed E-state index contributed by atoms with van der Waals surface area (Å²) in [5, 5.41) is 0. The molecule has 0 unspecified atom stereocenters. The van der Waals surface area contributed by atoms with Gasteiger partial charge in [-0.15, -0.1) is 0 Å². The van der Waals surface area contributed by atoms with Gasteiger partial charge in [-0.25, -0.2) is 0 Å². The molecule has 0 fully saturated rings. The van der Waals surface area contributed by atoms with Gasteiger partial charge in [0.2, 0.25) is 0 Å². The van der Waals surface area contributed by atoms with Crippen LogP contribution in [0.1, 0.15) is 30.5 Å². The topological polar surface area (TPSA) is 0 Å². The molecule has 0 heterocycles. The highest BCUT2D eigenvalue weighted by molar-refractivity contribution is 5.71. The number of hydrogen-bond donors (Lipinski definition) is 0. The van der Waals surface area contributed by atoms with Gasteiger partial charge in [0, 0.05) is 0 Å². The third kappa shape index (κ3) is 1.52. The smallest absolute Gasteiger partial charge is 0.00831 e. The molecule has 1 aliphatic carbocycles. The Kier molecular flexibility index (Phi) is 2.28. The number of fused-ring (bicyclic) bond motifs is 1. The first-order valence-corrected chi connectivity index (χ1v) is 5.12. The van der Waals surface area contributed by atoms with Crippen LogP contribution in [-0.4, -0.2) is 0 Å². The standard InChI is InChI=1S/C14H16/c1-10-7-8-14-11(2)5-4-6-13(14)12(3)9-10/h4-7,9H,8H2,1-3H3. The van der Waals surface area contributed by atoms with Gasteiger partial charge in [-0.2, -0.15) is 0 Å². The minimum absolute atomic E-state index is 1.07. The number of aryl methyl sites for hydroxylation is 1. The summed E-state index contributed by atoms with van der Waals surface area (Å²) in [5.41, 5.74) is 7.06. The largest absolute Gasteiger partial charge is 0.0772 e. The second-order valence-electron chi connectivity index (χ2n) is 4.08. The summed E-state index contributed by atoms with van der Waals surface area (Å²) < 4.78 is 0. The predicted octanol–water partition coefficient (Wildman–Crippen LogP) is 3.90. The Bertz CT molecular complexity index is 420. The quantitative estimate of drug-likeness (QED) is 0.573. The summed E-state index contributed by atoms with van der Waals surface area (Å²) in [6.07, 6.45) is 5.65. The minimum Gasteiger partial charge on any atom is -0.0772 e. The first-order valence-electron chi connectivity index (χ1n) is 5.12. The lowest BCUT2D eigenvalue weighted by atomic mass is 9.96. The third-order valence-corrected chi connectivity index (χ3v) is 2.91. The fraction of sp³-hybridized carbons (Fsp3) is 0.286. The Morgan fingerprint density at radius 3 is 2.64 bits per heavy atom. The van der Waals surface area contributed by atoms with Gasteiger partial charge >= 0.3 is 0 Å². The Morgan fingerprint density at radius 1 is 1.07 bits per heavy atom. The molecule has 0 bridgehead atoms. The molecule has 0 saturated heterocycles. The van der Waals surface area contributed by atoms with E-state index in [1.165, 1.54) is 27.8 Å². The molecule has 0 radical (unpaired) electrons. The van der Waals surface area contributed by atoms with Crippen LogP contribution in [-0.2, 0) is 6.42 Å². The lowest BCUT2D eigenvalue weighted by Gasteiger charge is -2.09. The molecule has 2 rings (SSSR count). The highest BCUT2D eigenvalue weighted by atomic mass is 14.1. The van der Waals surface area contributed by atoms with Gasteiger partial charge in [0.25, 0.3) is 0 Å². The van der Waals surface area contributed by atoms with Gasteiger partial charge in [-0.1, -0.05) is 35.9 Å². The summed E-state index contributed by atoms with van der Waals surface area (Å²) in [6.45, 7) is 6.56. The van der Waals surface area contributed by atoms with Crippen molar-refractivity contribution >= 4 is 5.57 Å². The fourth-order valence-electron chi connectivity index (χ4n) is 2.08. The summed E-state index contributed by atoms with van der Waals surface area (Å²) >= 11 is 0. The van der Waals surface area contributed by atoms with Crippen molar-refractivity contribution in [3.63, 3.8) is 0 Å². The van der Waals surface area contributed by atoms with E-state index in [1.807, 2.05) is 0 Å². The van der Waals surface area contributed by atoms with Crippen molar-refractivity contribution in [2.75, 3.05) is 0 Å². The highest BCUT2D eigenvalue weighted by Gasteiger charge is 2.08. The van der Waals surface area contributed by atoms with Crippen molar-refractivity contribution in [1.82, 2.24) is 0 Å². The van der Waals surface area contributed by atoms with Crippen molar-refractivity contribution in [1.29, 1.82) is 0 Å². The number of hydrogen-bond acceptors (Lipinski definition) is 0. The maximum atomic E-state index is 2.31. The van der Waals surface area contributed by atoms with E-state index in [0.717, 1.165) is 6.42 Å². The molecule has 14 heavy (non-hydrogen) atoms. The van der Waals surface area contributed by atoms with Gasteiger partial charge in [0.1, 0.15) is 0 Å². The average molecular weight is 184 g/mol. The van der Waals surface area contributed by atoms with E-state index in [9.17, 15) is 0 Å². The van der Waals surface area contributed by atoms with E-state index in [2.05, 4.69) is 51.1 Å². The predicted molar refractivity (Wildman–Crippen MR) is 62.3 cm³/mol. The second kappa shape index (κ2) is 3.45. The summed E-state index contributed by atoms with van der Waals surface area (Å²) in [7, 11) is 0. The van der Waals surface area contributed by atoms with Gasteiger partial charge in [0.05, 0.1) is 0 Å². The maximum Gasteiger partial charge on any atom is -0.00831 e. The second-order valence-corrected chi connectivity index (χ2v) is 4.08. The van der Waals surface area contributed by atoms with Crippen molar-refractivity contribution in [3.05, 3.63) is 52.6 Å². The number of benzene rings is 1. The van der Waals surface area contributed by atoms with Crippen LogP contribution in [0.15, 0.2) is 35.9 Å². The molecular formula is C14H16. The molecular weight excluding hydrogens is 168 g/mol. The highest BCUT2D eigenvalue weighted by Crippen LogP contribution is 2.26. The van der Waals surface area contributed by atoms with Gasteiger partial charge in [-0.05, 0) is 49.5 Å². The van der Waals surface area contributed by atoms with Crippen molar-refractivity contribution < 1.29 is 0 Å². The number of rotatable bonds is 0. The summed E-state index contributed by atoms with van der Waals surface area (Å²) in [5.74, 6) is 0. The van der Waals surface area contributed by atoms with Gasteiger partial charge < -0.3 is 0 Å². The monoisotopic (exact) mass is 184 g/mol. The molecule has 0 N–H and O–H groups in total. The van der Waals surface area contributed by atoms with Crippen molar-refractivity contribution in [2.45, 2.75) is 27.2 Å². The lowest BCUT2D eigenvalue weighted by Crippen LogP contribution is -1.92. The maximum absolute atomic E-state index is 2.31. The van der Waals surface area contributed by atoms with Crippen LogP contribution in [0.3, 0.4) is 0 Å². The van der Waals surface area contributed by atoms with Crippen LogP contribution < -0.4 is 0 Å². The van der Waals surface area contributed by atoms with E-state index in [4.69, 9.17) is 0 Å². The Balaban J connectivity index is 2.63. The van der Waals surface area contributed by atoms with Gasteiger partial charge in [0.15, 0.2) is 0 Å². The summed E-state index contributed by atoms with van der Waals surface area (Å²) in [6, 6.07) is 6.56. The van der Waals surface area contributed by atoms with Crippen LogP contribution >= 0.6 is 0 Å². The van der Waals surface area contributed by atoms with E-state index in [1.54, 1.807) is 0 Å². The molecule has 0 atom stereocenters. The molecule has 1 aromatic rings. The fourth-order valence-corrected chi connectivity index (χ4v) is 2.08. The molecule has 1 aromatic carbocycles. The average Bonchev–Trinajstić information content (AvgIpc) is 2.28. The minimum atomic E-state index is 1.07. The molecule has 0 aromatic heterocycles. The zero-order chi connectivity index (χ0) is 10.1. The van der Waals surface area contributed by atoms with E-state index in [-0.39, 0.29) is 0 Å². The third-order valence-electron chi connectivity index (χ3n) is 2.91. The molecule has 0 heteroatoms. The molecule has 0 saturated carbocycles. The van der Waals surface area contributed by atoms with Crippen molar-refractivity contribution in [3.8, 4) is 0 Å². The number of allylic oxidation sites excluding steroid dienone is 4. The first-order chi connectivity index (χ1) is 6.68. The van der Waals surface area contributed by atoms with E-state index >= 15 is 0 Å². The molecule has 1 aliphatic rings. The van der Waals surface area contributed by atoms with E-state index in [0.29, 0.717) is 0 Å². The van der Waals surface area contributed by atoms with Gasteiger partial charge in [-0.3, -0.25) is 0 Å². The first kappa shape index (κ1) is 9.26. The Labute approximate surface area is 86.0 Å². The van der Waals surface area contributed by atoms with E-state index < -0.39 is 0 Å². The molecule has 0 nitrogen and oxygen atoms in total. The Morgan fingerprint density at radius 2 is 1.86 bits per heavy atom. The SMILES string of the molecule is CC1=CCc2c(C)cccc2C(C)=C1. The lowest BCUT2D eigenvalue weighted by molar-refractivity contribution is 1.19. The summed E-state index contributed by atoms with van der Waals surface area (Å²) in [4.78, 5) is 0. The van der Waals surface area contributed by atoms with Crippen LogP contribution in [0.25, 0.3) is 5.57 Å². The molecule has 0 amide bonds. The van der Waals surface area contributed by atoms with Crippen LogP contribution in [0.5, 0.6) is 0 Å². The normalized spacial score (nSPS) is 15.4.